The molecule has 1 saturated heterocycles. The van der Waals surface area contributed by atoms with E-state index in [-0.39, 0.29) is 12.2 Å². The first-order chi connectivity index (χ1) is 12.6. The summed E-state index contributed by atoms with van der Waals surface area (Å²) >= 11 is 0. The van der Waals surface area contributed by atoms with E-state index in [0.29, 0.717) is 12.0 Å². The third-order valence-corrected chi connectivity index (χ3v) is 4.93. The van der Waals surface area contributed by atoms with Crippen LogP contribution in [0.5, 0.6) is 0 Å². The Kier molecular flexibility index (Phi) is 5.20. The first-order valence-corrected chi connectivity index (χ1v) is 9.12. The van der Waals surface area contributed by atoms with E-state index in [1.807, 2.05) is 32.1 Å². The fourth-order valence-corrected chi connectivity index (χ4v) is 3.63. The topological polar surface area (TPSA) is 46.5 Å². The first kappa shape index (κ1) is 19.3. The normalized spacial score (nSPS) is 22.9. The molecule has 0 amide bonds. The number of aryl methyl sites for hydroxylation is 3. The maximum Gasteiger partial charge on any atom is 0.309 e. The van der Waals surface area contributed by atoms with Crippen LogP contribution >= 0.6 is 0 Å². The van der Waals surface area contributed by atoms with Crippen LogP contribution in [0.3, 0.4) is 0 Å². The maximum absolute atomic E-state index is 13.7. The van der Waals surface area contributed by atoms with Crippen LogP contribution in [0.4, 0.5) is 4.39 Å². The van der Waals surface area contributed by atoms with Crippen molar-refractivity contribution in [3.63, 3.8) is 0 Å². The highest BCUT2D eigenvalue weighted by molar-refractivity contribution is 5.78. The molecule has 0 spiro atoms. The van der Waals surface area contributed by atoms with E-state index in [9.17, 15) is 14.3 Å². The summed E-state index contributed by atoms with van der Waals surface area (Å²) in [6.07, 6.45) is 3.67. The van der Waals surface area contributed by atoms with Gasteiger partial charge in [-0.3, -0.25) is 4.79 Å². The van der Waals surface area contributed by atoms with Gasteiger partial charge < -0.3 is 9.84 Å². The quantitative estimate of drug-likeness (QED) is 0.785. The van der Waals surface area contributed by atoms with Gasteiger partial charge in [0.1, 0.15) is 11.9 Å². The minimum atomic E-state index is -1.05. The van der Waals surface area contributed by atoms with Crippen LogP contribution in [-0.2, 0) is 9.53 Å². The molecule has 0 aromatic heterocycles. The van der Waals surface area contributed by atoms with Crippen molar-refractivity contribution in [2.75, 3.05) is 0 Å². The van der Waals surface area contributed by atoms with Gasteiger partial charge in [-0.1, -0.05) is 29.8 Å². The molecule has 27 heavy (non-hydrogen) atoms. The number of ether oxygens (including phenoxy) is 1. The molecule has 0 saturated carbocycles. The summed E-state index contributed by atoms with van der Waals surface area (Å²) < 4.78 is 19.0. The molecule has 1 aliphatic rings. The third-order valence-electron chi connectivity index (χ3n) is 4.93. The molecule has 3 rings (SSSR count). The molecule has 0 unspecified atom stereocenters. The number of rotatable bonds is 3. The van der Waals surface area contributed by atoms with Gasteiger partial charge in [-0.2, -0.15) is 0 Å². The third kappa shape index (κ3) is 4.45. The second kappa shape index (κ2) is 7.28. The highest BCUT2D eigenvalue weighted by atomic mass is 19.1. The fourth-order valence-electron chi connectivity index (χ4n) is 3.63. The molecular weight excluding hydrogens is 343 g/mol. The number of aliphatic hydroxyl groups is 1. The zero-order valence-electron chi connectivity index (χ0n) is 16.2. The Hall–Kier alpha value is -2.46. The lowest BCUT2D eigenvalue weighted by molar-refractivity contribution is -0.163. The second-order valence-electron chi connectivity index (χ2n) is 7.77. The van der Waals surface area contributed by atoms with Gasteiger partial charge in [0.15, 0.2) is 0 Å². The zero-order chi connectivity index (χ0) is 19.8. The molecule has 2 atom stereocenters. The van der Waals surface area contributed by atoms with E-state index < -0.39 is 17.7 Å². The number of esters is 1. The highest BCUT2D eigenvalue weighted by Gasteiger charge is 2.35. The van der Waals surface area contributed by atoms with Crippen molar-refractivity contribution < 1.29 is 19.0 Å². The second-order valence-corrected chi connectivity index (χ2v) is 7.77. The van der Waals surface area contributed by atoms with Gasteiger partial charge in [0.25, 0.3) is 0 Å². The lowest BCUT2D eigenvalue weighted by Crippen LogP contribution is -2.40. The van der Waals surface area contributed by atoms with Crippen molar-refractivity contribution in [3.05, 3.63) is 64.5 Å². The average Bonchev–Trinajstić information content (AvgIpc) is 2.54. The SMILES string of the molecule is Cc1cc(C)c(/C=C/[C@@H]2C[C@@](C)(O)CC(=O)O2)c(-c2ccc(F)c(C)c2)c1. The maximum atomic E-state index is 13.7. The molecule has 1 fully saturated rings. The minimum Gasteiger partial charge on any atom is -0.458 e. The molecule has 0 bridgehead atoms. The molecule has 0 aliphatic carbocycles. The fraction of sp³-hybridized carbons (Fsp3) is 0.348. The molecule has 1 heterocycles. The van der Waals surface area contributed by atoms with E-state index in [1.54, 1.807) is 19.9 Å². The van der Waals surface area contributed by atoms with Crippen LogP contribution in [0.1, 0.15) is 42.0 Å². The molecule has 2 aromatic carbocycles. The number of hydrogen-bond acceptors (Lipinski definition) is 3. The van der Waals surface area contributed by atoms with E-state index in [4.69, 9.17) is 4.74 Å². The number of cyclic esters (lactones) is 1. The lowest BCUT2D eigenvalue weighted by Gasteiger charge is -2.31. The van der Waals surface area contributed by atoms with Crippen LogP contribution in [0.2, 0.25) is 0 Å². The number of benzene rings is 2. The van der Waals surface area contributed by atoms with Gasteiger partial charge >= 0.3 is 5.97 Å². The number of hydrogen-bond donors (Lipinski definition) is 1. The van der Waals surface area contributed by atoms with Crippen LogP contribution in [-0.4, -0.2) is 22.8 Å². The van der Waals surface area contributed by atoms with Gasteiger partial charge in [0.05, 0.1) is 12.0 Å². The van der Waals surface area contributed by atoms with Gasteiger partial charge in [-0.05, 0) is 73.7 Å². The van der Waals surface area contributed by atoms with Crippen molar-refractivity contribution in [2.24, 2.45) is 0 Å². The first-order valence-electron chi connectivity index (χ1n) is 9.12. The van der Waals surface area contributed by atoms with Crippen LogP contribution in [0, 0.1) is 26.6 Å². The summed E-state index contributed by atoms with van der Waals surface area (Å²) in [6.45, 7) is 7.45. The van der Waals surface area contributed by atoms with Gasteiger partial charge in [-0.15, -0.1) is 0 Å². The van der Waals surface area contributed by atoms with Crippen LogP contribution < -0.4 is 0 Å². The highest BCUT2D eigenvalue weighted by Crippen LogP contribution is 2.31. The predicted octanol–water partition coefficient (Wildman–Crippen LogP) is 4.89. The van der Waals surface area contributed by atoms with E-state index in [2.05, 4.69) is 12.1 Å². The summed E-state index contributed by atoms with van der Waals surface area (Å²) in [6, 6.07) is 9.26. The summed E-state index contributed by atoms with van der Waals surface area (Å²) in [7, 11) is 0. The smallest absolute Gasteiger partial charge is 0.309 e. The van der Waals surface area contributed by atoms with E-state index in [1.165, 1.54) is 6.07 Å². The Balaban J connectivity index is 2.00. The number of carbonyl (C=O) groups excluding carboxylic acids is 1. The van der Waals surface area contributed by atoms with Crippen molar-refractivity contribution in [1.82, 2.24) is 0 Å². The van der Waals surface area contributed by atoms with Crippen molar-refractivity contribution in [1.29, 1.82) is 0 Å². The Labute approximate surface area is 159 Å². The molecule has 1 aliphatic heterocycles. The Bertz CT molecular complexity index is 912. The summed E-state index contributed by atoms with van der Waals surface area (Å²) in [5, 5.41) is 10.2. The summed E-state index contributed by atoms with van der Waals surface area (Å²) in [4.78, 5) is 11.7. The lowest BCUT2D eigenvalue weighted by atomic mass is 9.90. The largest absolute Gasteiger partial charge is 0.458 e. The Morgan fingerprint density at radius 1 is 1.19 bits per heavy atom. The van der Waals surface area contributed by atoms with Crippen molar-refractivity contribution >= 4 is 12.0 Å². The van der Waals surface area contributed by atoms with Gasteiger partial charge in [-0.25, -0.2) is 4.39 Å². The van der Waals surface area contributed by atoms with E-state index in [0.717, 1.165) is 27.8 Å². The molecule has 4 heteroatoms. The zero-order valence-corrected chi connectivity index (χ0v) is 16.2. The monoisotopic (exact) mass is 368 g/mol. The van der Waals surface area contributed by atoms with Crippen molar-refractivity contribution in [3.8, 4) is 11.1 Å². The summed E-state index contributed by atoms with van der Waals surface area (Å²) in [5.41, 5.74) is 4.68. The summed E-state index contributed by atoms with van der Waals surface area (Å²) in [5.74, 6) is -0.618. The molecule has 0 radical (unpaired) electrons. The van der Waals surface area contributed by atoms with E-state index >= 15 is 0 Å². The molecular formula is C23H25FO3. The Morgan fingerprint density at radius 3 is 2.59 bits per heavy atom. The average molecular weight is 368 g/mol. The molecule has 3 nitrogen and oxygen atoms in total. The van der Waals surface area contributed by atoms with Crippen LogP contribution in [0.25, 0.3) is 17.2 Å². The molecule has 1 N–H and O–H groups in total. The standard InChI is InChI=1S/C23H25FO3/c1-14-9-15(2)19(7-6-18-12-23(4,26)13-22(25)27-18)20(10-14)17-5-8-21(24)16(3)11-17/h5-11,18,26H,12-13H2,1-4H3/b7-6+/t18-,23-/m1/s1. The Morgan fingerprint density at radius 2 is 1.93 bits per heavy atom. The number of carbonyl (C=O) groups is 1. The van der Waals surface area contributed by atoms with Crippen molar-refractivity contribution in [2.45, 2.75) is 52.2 Å². The van der Waals surface area contributed by atoms with Gasteiger partial charge in [0, 0.05) is 6.42 Å². The minimum absolute atomic E-state index is 0.0149. The molecule has 2 aromatic rings. The van der Waals surface area contributed by atoms with Gasteiger partial charge in [0.2, 0.25) is 0 Å². The molecule has 142 valence electrons. The van der Waals surface area contributed by atoms with Crippen LogP contribution in [0.15, 0.2) is 36.4 Å². The number of halogens is 1. The predicted molar refractivity (Wildman–Crippen MR) is 105 cm³/mol.